The van der Waals surface area contributed by atoms with Crippen LogP contribution in [0.15, 0.2) is 0 Å². The molecule has 1 atom stereocenters. The van der Waals surface area contributed by atoms with E-state index in [9.17, 15) is 4.79 Å². The van der Waals surface area contributed by atoms with Crippen molar-refractivity contribution in [1.82, 2.24) is 10.6 Å². The molecular formula is C16H34N2O2. The Labute approximate surface area is 125 Å². The minimum absolute atomic E-state index is 0.136. The summed E-state index contributed by atoms with van der Waals surface area (Å²) in [6.45, 7) is 15.1. The lowest BCUT2D eigenvalue weighted by Crippen LogP contribution is -2.44. The van der Waals surface area contributed by atoms with Crippen molar-refractivity contribution < 1.29 is 9.53 Å². The van der Waals surface area contributed by atoms with Gasteiger partial charge in [-0.25, -0.2) is 0 Å². The Hall–Kier alpha value is -0.610. The maximum absolute atomic E-state index is 12.2. The van der Waals surface area contributed by atoms with Gasteiger partial charge in [-0.05, 0) is 40.2 Å². The minimum Gasteiger partial charge on any atom is -0.459 e. The van der Waals surface area contributed by atoms with E-state index in [1.54, 1.807) is 0 Å². The lowest BCUT2D eigenvalue weighted by atomic mass is 10.1. The highest BCUT2D eigenvalue weighted by molar-refractivity contribution is 5.76. The van der Waals surface area contributed by atoms with Gasteiger partial charge in [0.05, 0.1) is 0 Å². The Morgan fingerprint density at radius 3 is 2.10 bits per heavy atom. The molecule has 4 heteroatoms. The van der Waals surface area contributed by atoms with E-state index in [1.165, 1.54) is 0 Å². The van der Waals surface area contributed by atoms with E-state index in [0.29, 0.717) is 6.04 Å². The Kier molecular flexibility index (Phi) is 9.06. The van der Waals surface area contributed by atoms with Crippen molar-refractivity contribution in [1.29, 1.82) is 0 Å². The summed E-state index contributed by atoms with van der Waals surface area (Å²) in [4.78, 5) is 12.2. The lowest BCUT2D eigenvalue weighted by Gasteiger charge is -2.26. The van der Waals surface area contributed by atoms with Crippen LogP contribution in [0.1, 0.15) is 67.7 Å². The van der Waals surface area contributed by atoms with Crippen LogP contribution in [0.25, 0.3) is 0 Å². The van der Waals surface area contributed by atoms with Gasteiger partial charge >= 0.3 is 5.97 Å². The monoisotopic (exact) mass is 286 g/mol. The highest BCUT2D eigenvalue weighted by Gasteiger charge is 2.25. The summed E-state index contributed by atoms with van der Waals surface area (Å²) in [6.07, 6.45) is 2.92. The van der Waals surface area contributed by atoms with Crippen LogP contribution in [0.3, 0.4) is 0 Å². The third-order valence-electron chi connectivity index (χ3n) is 2.70. The zero-order valence-corrected chi connectivity index (χ0v) is 14.4. The minimum atomic E-state index is -0.423. The highest BCUT2D eigenvalue weighted by Crippen LogP contribution is 2.12. The number of esters is 1. The van der Waals surface area contributed by atoms with E-state index < -0.39 is 5.60 Å². The van der Waals surface area contributed by atoms with E-state index in [2.05, 4.69) is 38.3 Å². The predicted octanol–water partition coefficient (Wildman–Crippen LogP) is 2.86. The average Bonchev–Trinajstić information content (AvgIpc) is 2.23. The fraction of sp³-hybridized carbons (Fsp3) is 0.938. The maximum Gasteiger partial charge on any atom is 0.323 e. The van der Waals surface area contributed by atoms with Crippen molar-refractivity contribution in [2.75, 3.05) is 6.54 Å². The molecule has 0 amide bonds. The summed E-state index contributed by atoms with van der Waals surface area (Å²) in [5.74, 6) is -0.136. The molecule has 120 valence electrons. The first-order valence-corrected chi connectivity index (χ1v) is 7.84. The molecule has 0 aromatic heterocycles. The van der Waals surface area contributed by atoms with Gasteiger partial charge in [-0.3, -0.25) is 4.79 Å². The van der Waals surface area contributed by atoms with Crippen molar-refractivity contribution in [2.24, 2.45) is 0 Å². The van der Waals surface area contributed by atoms with Gasteiger partial charge in [0.15, 0.2) is 0 Å². The molecule has 20 heavy (non-hydrogen) atoms. The quantitative estimate of drug-likeness (QED) is 0.505. The van der Waals surface area contributed by atoms with Crippen LogP contribution >= 0.6 is 0 Å². The van der Waals surface area contributed by atoms with Crippen molar-refractivity contribution in [2.45, 2.75) is 91.5 Å². The van der Waals surface area contributed by atoms with Crippen LogP contribution in [0.5, 0.6) is 0 Å². The standard InChI is InChI=1S/C16H34N2O2/c1-12(2)17-11-9-8-10-14(18-13(3)4)15(19)20-16(5,6)7/h12-14,17-18H,8-11H2,1-7H3. The third kappa shape index (κ3) is 11.2. The van der Waals surface area contributed by atoms with Crippen LogP contribution in [0.2, 0.25) is 0 Å². The lowest BCUT2D eigenvalue weighted by molar-refractivity contribution is -0.157. The SMILES string of the molecule is CC(C)NCCCCC(NC(C)C)C(=O)OC(C)(C)C. The molecule has 0 heterocycles. The zero-order valence-electron chi connectivity index (χ0n) is 14.4. The molecule has 0 aliphatic rings. The van der Waals surface area contributed by atoms with Crippen LogP contribution in [0.4, 0.5) is 0 Å². The molecule has 0 radical (unpaired) electrons. The molecule has 4 nitrogen and oxygen atoms in total. The van der Waals surface area contributed by atoms with Crippen LogP contribution in [0, 0.1) is 0 Å². The molecule has 1 unspecified atom stereocenters. The van der Waals surface area contributed by atoms with Gasteiger partial charge < -0.3 is 15.4 Å². The molecule has 0 aliphatic carbocycles. The van der Waals surface area contributed by atoms with Gasteiger partial charge in [0.1, 0.15) is 11.6 Å². The summed E-state index contributed by atoms with van der Waals surface area (Å²) in [7, 11) is 0. The molecule has 0 saturated heterocycles. The number of nitrogens with one attached hydrogen (secondary N) is 2. The fourth-order valence-electron chi connectivity index (χ4n) is 1.91. The predicted molar refractivity (Wildman–Crippen MR) is 84.9 cm³/mol. The largest absolute Gasteiger partial charge is 0.459 e. The zero-order chi connectivity index (χ0) is 15.8. The molecule has 0 aromatic carbocycles. The Bertz CT molecular complexity index is 270. The number of ether oxygens (including phenoxy) is 1. The number of rotatable bonds is 9. The summed E-state index contributed by atoms with van der Waals surface area (Å²) in [5.41, 5.74) is -0.423. The Morgan fingerprint density at radius 2 is 1.65 bits per heavy atom. The normalized spacial score (nSPS) is 13.8. The molecule has 0 aliphatic heterocycles. The van der Waals surface area contributed by atoms with E-state index >= 15 is 0 Å². The average molecular weight is 286 g/mol. The Morgan fingerprint density at radius 1 is 1.05 bits per heavy atom. The van der Waals surface area contributed by atoms with E-state index in [-0.39, 0.29) is 18.1 Å². The molecule has 0 aromatic rings. The molecule has 0 rings (SSSR count). The van der Waals surface area contributed by atoms with Crippen LogP contribution in [-0.4, -0.2) is 36.2 Å². The smallest absolute Gasteiger partial charge is 0.323 e. The first-order valence-electron chi connectivity index (χ1n) is 7.84. The van der Waals surface area contributed by atoms with Gasteiger partial charge in [0.2, 0.25) is 0 Å². The van der Waals surface area contributed by atoms with Crippen LogP contribution in [-0.2, 0) is 9.53 Å². The molecular weight excluding hydrogens is 252 g/mol. The summed E-state index contributed by atoms with van der Waals surface area (Å²) in [5, 5.41) is 6.70. The molecule has 0 spiro atoms. The van der Waals surface area contributed by atoms with Gasteiger partial charge in [-0.1, -0.05) is 34.1 Å². The van der Waals surface area contributed by atoms with Crippen molar-refractivity contribution in [3.63, 3.8) is 0 Å². The van der Waals surface area contributed by atoms with Gasteiger partial charge in [0, 0.05) is 12.1 Å². The van der Waals surface area contributed by atoms with E-state index in [4.69, 9.17) is 4.74 Å². The molecule has 0 fully saturated rings. The molecule has 0 bridgehead atoms. The third-order valence-corrected chi connectivity index (χ3v) is 2.70. The summed E-state index contributed by atoms with van der Waals surface area (Å²) < 4.78 is 5.48. The molecule has 0 saturated carbocycles. The second-order valence-electron chi connectivity index (χ2n) is 7.01. The number of carbonyl (C=O) groups excluding carboxylic acids is 1. The van der Waals surface area contributed by atoms with Crippen LogP contribution < -0.4 is 10.6 Å². The Balaban J connectivity index is 4.18. The second-order valence-corrected chi connectivity index (χ2v) is 7.01. The van der Waals surface area contributed by atoms with E-state index in [0.717, 1.165) is 25.8 Å². The summed E-state index contributed by atoms with van der Waals surface area (Å²) >= 11 is 0. The number of unbranched alkanes of at least 4 members (excludes halogenated alkanes) is 1. The van der Waals surface area contributed by atoms with Crippen molar-refractivity contribution in [3.05, 3.63) is 0 Å². The first kappa shape index (κ1) is 19.4. The van der Waals surface area contributed by atoms with Gasteiger partial charge in [-0.15, -0.1) is 0 Å². The van der Waals surface area contributed by atoms with Gasteiger partial charge in [0.25, 0.3) is 0 Å². The van der Waals surface area contributed by atoms with Crippen molar-refractivity contribution in [3.8, 4) is 0 Å². The van der Waals surface area contributed by atoms with Crippen molar-refractivity contribution >= 4 is 5.97 Å². The van der Waals surface area contributed by atoms with E-state index in [1.807, 2.05) is 20.8 Å². The first-order chi connectivity index (χ1) is 9.11. The number of hydrogen-bond donors (Lipinski definition) is 2. The summed E-state index contributed by atoms with van der Waals surface area (Å²) in [6, 6.07) is 0.597. The molecule has 2 N–H and O–H groups in total. The topological polar surface area (TPSA) is 50.4 Å². The number of hydrogen-bond acceptors (Lipinski definition) is 4. The van der Waals surface area contributed by atoms with Gasteiger partial charge in [-0.2, -0.15) is 0 Å². The number of carbonyl (C=O) groups is 1. The second kappa shape index (κ2) is 9.35. The maximum atomic E-state index is 12.2. The highest BCUT2D eigenvalue weighted by atomic mass is 16.6. The fourth-order valence-corrected chi connectivity index (χ4v) is 1.91.